The number of hydrogen-bond acceptors (Lipinski definition) is 2. The lowest BCUT2D eigenvalue weighted by atomic mass is 9.98. The van der Waals surface area contributed by atoms with Crippen molar-refractivity contribution in [1.29, 1.82) is 0 Å². The third-order valence-electron chi connectivity index (χ3n) is 2.78. The molecule has 2 rings (SSSR count). The van der Waals surface area contributed by atoms with Crippen molar-refractivity contribution in [1.82, 2.24) is 4.90 Å². The monoisotopic (exact) mass is 219 g/mol. The van der Waals surface area contributed by atoms with Crippen molar-refractivity contribution in [3.8, 4) is 0 Å². The van der Waals surface area contributed by atoms with Crippen LogP contribution in [-0.2, 0) is 9.59 Å². The molecule has 1 unspecified atom stereocenters. The van der Waals surface area contributed by atoms with Gasteiger partial charge in [0.15, 0.2) is 0 Å². The minimum Gasteiger partial charge on any atom is -0.481 e. The summed E-state index contributed by atoms with van der Waals surface area (Å²) in [6.45, 7) is 0.429. The van der Waals surface area contributed by atoms with Crippen LogP contribution in [0.2, 0.25) is 0 Å². The molecule has 0 bridgehead atoms. The van der Waals surface area contributed by atoms with E-state index in [2.05, 4.69) is 0 Å². The van der Waals surface area contributed by atoms with Gasteiger partial charge in [-0.05, 0) is 19.3 Å². The highest BCUT2D eigenvalue weighted by Crippen LogP contribution is 2.31. The van der Waals surface area contributed by atoms with Gasteiger partial charge in [0.25, 0.3) is 0 Å². The highest BCUT2D eigenvalue weighted by Gasteiger charge is 2.38. The second-order valence-corrected chi connectivity index (χ2v) is 3.85. The van der Waals surface area contributed by atoms with Gasteiger partial charge in [-0.25, -0.2) is 0 Å². The Morgan fingerprint density at radius 1 is 1.36 bits per heavy atom. The molecule has 1 saturated heterocycles. The number of hydrogen-bond donors (Lipinski definition) is 1. The van der Waals surface area contributed by atoms with Gasteiger partial charge in [-0.3, -0.25) is 9.59 Å². The van der Waals surface area contributed by atoms with E-state index in [1.807, 2.05) is 0 Å². The summed E-state index contributed by atoms with van der Waals surface area (Å²) in [6.07, 6.45) is 3.03. The van der Waals surface area contributed by atoms with Crippen molar-refractivity contribution >= 4 is 24.3 Å². The van der Waals surface area contributed by atoms with Crippen LogP contribution in [0, 0.1) is 5.92 Å². The summed E-state index contributed by atoms with van der Waals surface area (Å²) in [4.78, 5) is 23.8. The van der Waals surface area contributed by atoms with E-state index in [0.717, 1.165) is 12.8 Å². The number of carboxylic acids is 1. The van der Waals surface area contributed by atoms with Crippen LogP contribution >= 0.6 is 12.4 Å². The maximum Gasteiger partial charge on any atom is 0.308 e. The molecule has 1 amide bonds. The first-order chi connectivity index (χ1) is 6.18. The lowest BCUT2D eigenvalue weighted by molar-refractivity contribution is -0.147. The van der Waals surface area contributed by atoms with Gasteiger partial charge in [-0.1, -0.05) is 0 Å². The zero-order valence-electron chi connectivity index (χ0n) is 7.81. The van der Waals surface area contributed by atoms with E-state index in [1.165, 1.54) is 0 Å². The second-order valence-electron chi connectivity index (χ2n) is 3.85. The number of nitrogens with zero attached hydrogens (tertiary/aromatic N) is 1. The fraction of sp³-hybridized carbons (Fsp3) is 0.778. The summed E-state index contributed by atoms with van der Waals surface area (Å²) in [5.74, 6) is -0.962. The van der Waals surface area contributed by atoms with E-state index in [9.17, 15) is 9.59 Å². The predicted molar refractivity (Wildman–Crippen MR) is 52.3 cm³/mol. The fourth-order valence-corrected chi connectivity index (χ4v) is 1.81. The minimum atomic E-state index is -0.766. The van der Waals surface area contributed by atoms with Gasteiger partial charge >= 0.3 is 5.97 Å². The molecule has 0 aromatic rings. The third-order valence-corrected chi connectivity index (χ3v) is 2.78. The summed E-state index contributed by atoms with van der Waals surface area (Å²) < 4.78 is 0. The molecule has 0 aromatic carbocycles. The number of aliphatic carboxylic acids is 1. The molecule has 4 nitrogen and oxygen atoms in total. The van der Waals surface area contributed by atoms with Gasteiger partial charge in [0.1, 0.15) is 0 Å². The Morgan fingerprint density at radius 3 is 2.50 bits per heavy atom. The standard InChI is InChI=1S/C9H13NO3.ClH/c11-8-4-1-6(9(12)13)5-10(8)7-2-3-7;/h6-7H,1-5H2,(H,12,13);1H. The quantitative estimate of drug-likeness (QED) is 0.751. The summed E-state index contributed by atoms with van der Waals surface area (Å²) >= 11 is 0. The summed E-state index contributed by atoms with van der Waals surface area (Å²) in [7, 11) is 0. The zero-order valence-corrected chi connectivity index (χ0v) is 8.63. The summed E-state index contributed by atoms with van der Waals surface area (Å²) in [5.41, 5.74) is 0. The Balaban J connectivity index is 0.000000980. The molecule has 2 aliphatic rings. The molecular formula is C9H14ClNO3. The van der Waals surface area contributed by atoms with E-state index in [4.69, 9.17) is 5.11 Å². The Morgan fingerprint density at radius 2 is 2.00 bits per heavy atom. The van der Waals surface area contributed by atoms with Gasteiger partial charge in [0.2, 0.25) is 5.91 Å². The molecule has 1 atom stereocenters. The first kappa shape index (κ1) is 11.3. The molecule has 1 aliphatic carbocycles. The van der Waals surface area contributed by atoms with Crippen LogP contribution in [0.5, 0.6) is 0 Å². The van der Waals surface area contributed by atoms with Crippen LogP contribution in [-0.4, -0.2) is 34.5 Å². The number of rotatable bonds is 2. The second kappa shape index (κ2) is 4.17. The number of amides is 1. The van der Waals surface area contributed by atoms with Gasteiger partial charge < -0.3 is 10.0 Å². The molecule has 14 heavy (non-hydrogen) atoms. The van der Waals surface area contributed by atoms with E-state index in [0.29, 0.717) is 25.4 Å². The molecule has 5 heteroatoms. The third kappa shape index (κ3) is 2.18. The lowest BCUT2D eigenvalue weighted by Gasteiger charge is -2.30. The summed E-state index contributed by atoms with van der Waals surface area (Å²) in [5, 5.41) is 8.81. The van der Waals surface area contributed by atoms with Crippen molar-refractivity contribution < 1.29 is 14.7 Å². The Labute approximate surface area is 88.7 Å². The van der Waals surface area contributed by atoms with Crippen LogP contribution in [0.3, 0.4) is 0 Å². The highest BCUT2D eigenvalue weighted by molar-refractivity contribution is 5.85. The Bertz CT molecular complexity index is 252. The average molecular weight is 220 g/mol. The summed E-state index contributed by atoms with van der Waals surface area (Å²) in [6, 6.07) is 0.356. The average Bonchev–Trinajstić information content (AvgIpc) is 2.87. The van der Waals surface area contributed by atoms with Crippen molar-refractivity contribution in [2.45, 2.75) is 31.7 Å². The Hall–Kier alpha value is -0.770. The molecule has 1 saturated carbocycles. The van der Waals surface area contributed by atoms with Gasteiger partial charge in [-0.15, -0.1) is 12.4 Å². The van der Waals surface area contributed by atoms with Gasteiger partial charge in [0, 0.05) is 19.0 Å². The first-order valence-electron chi connectivity index (χ1n) is 4.71. The van der Waals surface area contributed by atoms with Gasteiger partial charge in [-0.2, -0.15) is 0 Å². The zero-order chi connectivity index (χ0) is 9.42. The Kier molecular flexibility index (Phi) is 3.37. The van der Waals surface area contributed by atoms with E-state index >= 15 is 0 Å². The van der Waals surface area contributed by atoms with Crippen LogP contribution in [0.25, 0.3) is 0 Å². The smallest absolute Gasteiger partial charge is 0.308 e. The van der Waals surface area contributed by atoms with Crippen LogP contribution in [0.4, 0.5) is 0 Å². The normalized spacial score (nSPS) is 27.0. The SMILES string of the molecule is Cl.O=C(O)C1CCC(=O)N(C2CC2)C1. The van der Waals surface area contributed by atoms with E-state index in [1.54, 1.807) is 4.90 Å². The minimum absolute atomic E-state index is 0. The maximum absolute atomic E-state index is 11.4. The molecule has 0 aromatic heterocycles. The van der Waals surface area contributed by atoms with Crippen LogP contribution < -0.4 is 0 Å². The van der Waals surface area contributed by atoms with Crippen molar-refractivity contribution in [2.75, 3.05) is 6.54 Å². The van der Waals surface area contributed by atoms with Crippen LogP contribution in [0.1, 0.15) is 25.7 Å². The number of carbonyl (C=O) groups is 2. The first-order valence-corrected chi connectivity index (χ1v) is 4.71. The molecule has 1 N–H and O–H groups in total. The van der Waals surface area contributed by atoms with Gasteiger partial charge in [0.05, 0.1) is 5.92 Å². The largest absolute Gasteiger partial charge is 0.481 e. The number of piperidine rings is 1. The maximum atomic E-state index is 11.4. The van der Waals surface area contributed by atoms with Crippen LogP contribution in [0.15, 0.2) is 0 Å². The molecule has 0 spiro atoms. The highest BCUT2D eigenvalue weighted by atomic mass is 35.5. The molecule has 0 radical (unpaired) electrons. The number of halogens is 1. The number of carboxylic acid groups (broad SMARTS) is 1. The number of likely N-dealkylation sites (tertiary alicyclic amines) is 1. The molecule has 2 fully saturated rings. The number of carbonyl (C=O) groups excluding carboxylic acids is 1. The predicted octanol–water partition coefficient (Wildman–Crippen LogP) is 0.894. The molecule has 80 valence electrons. The van der Waals surface area contributed by atoms with E-state index < -0.39 is 5.97 Å². The van der Waals surface area contributed by atoms with Crippen molar-refractivity contribution in [2.24, 2.45) is 5.92 Å². The van der Waals surface area contributed by atoms with E-state index in [-0.39, 0.29) is 24.2 Å². The molecular weight excluding hydrogens is 206 g/mol. The van der Waals surface area contributed by atoms with Crippen molar-refractivity contribution in [3.63, 3.8) is 0 Å². The molecule has 1 heterocycles. The lowest BCUT2D eigenvalue weighted by Crippen LogP contribution is -2.43. The molecule has 1 aliphatic heterocycles. The topological polar surface area (TPSA) is 57.6 Å². The fourth-order valence-electron chi connectivity index (χ4n) is 1.81. The van der Waals surface area contributed by atoms with Crippen molar-refractivity contribution in [3.05, 3.63) is 0 Å².